The molecule has 0 saturated heterocycles. The van der Waals surface area contributed by atoms with Crippen LogP contribution in [0.4, 0.5) is 0 Å². The van der Waals surface area contributed by atoms with Crippen LogP contribution < -0.4 is 0 Å². The molecule has 0 N–H and O–H groups in total. The minimum atomic E-state index is -0.287. The second-order valence-electron chi connectivity index (χ2n) is 6.65. The zero-order valence-corrected chi connectivity index (χ0v) is 16.5. The van der Waals surface area contributed by atoms with Gasteiger partial charge in [0.15, 0.2) is 0 Å². The Labute approximate surface area is 148 Å². The van der Waals surface area contributed by atoms with Gasteiger partial charge in [0.2, 0.25) is 0 Å². The lowest BCUT2D eigenvalue weighted by Crippen LogP contribution is -2.27. The number of hydrogen-bond acceptors (Lipinski definition) is 5. The van der Waals surface area contributed by atoms with Crippen LogP contribution in [-0.2, 0) is 23.7 Å². The molecule has 0 amide bonds. The molecule has 0 spiro atoms. The topological polar surface area (TPSA) is 54.0 Å². The smallest absolute Gasteiger partial charge is 0.302 e. The van der Waals surface area contributed by atoms with Gasteiger partial charge in [-0.2, -0.15) is 0 Å². The van der Waals surface area contributed by atoms with Gasteiger partial charge in [0.05, 0.1) is 31.5 Å². The normalized spacial score (nSPS) is 16.4. The van der Waals surface area contributed by atoms with Crippen molar-refractivity contribution in [3.05, 3.63) is 0 Å². The summed E-state index contributed by atoms with van der Waals surface area (Å²) in [6.07, 6.45) is 4.86. The van der Waals surface area contributed by atoms with E-state index in [-0.39, 0.29) is 30.9 Å². The molecule has 0 rings (SSSR count). The summed E-state index contributed by atoms with van der Waals surface area (Å²) in [5, 5.41) is 0. The SMILES string of the molecule is CCCCC(CC)COC(C)COC(C)COC(C)COC(C)=O. The number of ether oxygens (including phenoxy) is 4. The van der Waals surface area contributed by atoms with Gasteiger partial charge in [0.1, 0.15) is 6.61 Å². The monoisotopic (exact) mass is 346 g/mol. The molecule has 0 aromatic rings. The van der Waals surface area contributed by atoms with Gasteiger partial charge >= 0.3 is 5.97 Å². The Bertz CT molecular complexity index is 308. The highest BCUT2D eigenvalue weighted by Gasteiger charge is 2.12. The predicted molar refractivity (Wildman–Crippen MR) is 96.2 cm³/mol. The first-order valence-electron chi connectivity index (χ1n) is 9.37. The van der Waals surface area contributed by atoms with E-state index in [9.17, 15) is 4.79 Å². The molecule has 0 aromatic carbocycles. The second-order valence-corrected chi connectivity index (χ2v) is 6.65. The summed E-state index contributed by atoms with van der Waals surface area (Å²) in [5.41, 5.74) is 0. The largest absolute Gasteiger partial charge is 0.463 e. The highest BCUT2D eigenvalue weighted by Crippen LogP contribution is 2.14. The molecule has 0 aliphatic carbocycles. The first kappa shape index (κ1) is 23.4. The molecular weight excluding hydrogens is 308 g/mol. The predicted octanol–water partition coefficient (Wildman–Crippen LogP) is 3.98. The summed E-state index contributed by atoms with van der Waals surface area (Å²) < 4.78 is 22.2. The van der Waals surface area contributed by atoms with Crippen molar-refractivity contribution in [2.75, 3.05) is 26.4 Å². The average molecular weight is 347 g/mol. The van der Waals surface area contributed by atoms with E-state index in [4.69, 9.17) is 18.9 Å². The van der Waals surface area contributed by atoms with Gasteiger partial charge in [-0.1, -0.05) is 33.1 Å². The Hall–Kier alpha value is -0.650. The molecule has 0 aliphatic heterocycles. The minimum Gasteiger partial charge on any atom is -0.463 e. The Morgan fingerprint density at radius 2 is 1.33 bits per heavy atom. The summed E-state index contributed by atoms with van der Waals surface area (Å²) in [4.78, 5) is 10.7. The maximum Gasteiger partial charge on any atom is 0.302 e. The van der Waals surface area contributed by atoms with Crippen molar-refractivity contribution in [3.8, 4) is 0 Å². The van der Waals surface area contributed by atoms with E-state index in [1.165, 1.54) is 26.2 Å². The quantitative estimate of drug-likeness (QED) is 0.420. The van der Waals surface area contributed by atoms with Crippen molar-refractivity contribution < 1.29 is 23.7 Å². The van der Waals surface area contributed by atoms with E-state index in [1.54, 1.807) is 0 Å². The molecule has 0 radical (unpaired) electrons. The number of unbranched alkanes of at least 4 members (excludes halogenated alkanes) is 1. The third-order valence-electron chi connectivity index (χ3n) is 3.91. The molecule has 5 heteroatoms. The van der Waals surface area contributed by atoms with Crippen molar-refractivity contribution in [3.63, 3.8) is 0 Å². The van der Waals surface area contributed by atoms with Crippen LogP contribution in [0.3, 0.4) is 0 Å². The van der Waals surface area contributed by atoms with Crippen LogP contribution in [0.5, 0.6) is 0 Å². The van der Waals surface area contributed by atoms with Gasteiger partial charge in [-0.05, 0) is 33.1 Å². The van der Waals surface area contributed by atoms with Gasteiger partial charge in [0.25, 0.3) is 0 Å². The lowest BCUT2D eigenvalue weighted by molar-refractivity contribution is -0.146. The number of carbonyl (C=O) groups excluding carboxylic acids is 1. The average Bonchev–Trinajstić information content (AvgIpc) is 2.56. The van der Waals surface area contributed by atoms with Gasteiger partial charge < -0.3 is 18.9 Å². The maximum absolute atomic E-state index is 10.7. The van der Waals surface area contributed by atoms with Crippen molar-refractivity contribution in [2.45, 2.75) is 85.5 Å². The number of esters is 1. The van der Waals surface area contributed by atoms with Gasteiger partial charge in [-0.25, -0.2) is 0 Å². The van der Waals surface area contributed by atoms with Crippen molar-refractivity contribution in [1.82, 2.24) is 0 Å². The van der Waals surface area contributed by atoms with E-state index in [2.05, 4.69) is 13.8 Å². The lowest BCUT2D eigenvalue weighted by Gasteiger charge is -2.21. The fourth-order valence-electron chi connectivity index (χ4n) is 2.18. The molecule has 24 heavy (non-hydrogen) atoms. The van der Waals surface area contributed by atoms with Gasteiger partial charge in [-0.3, -0.25) is 4.79 Å². The number of rotatable bonds is 15. The van der Waals surface area contributed by atoms with Crippen LogP contribution in [0.1, 0.15) is 67.2 Å². The van der Waals surface area contributed by atoms with Crippen LogP contribution in [0.25, 0.3) is 0 Å². The van der Waals surface area contributed by atoms with Gasteiger partial charge in [-0.15, -0.1) is 0 Å². The van der Waals surface area contributed by atoms with Crippen LogP contribution in [0.15, 0.2) is 0 Å². The number of carbonyl (C=O) groups is 1. The van der Waals surface area contributed by atoms with Crippen molar-refractivity contribution in [1.29, 1.82) is 0 Å². The van der Waals surface area contributed by atoms with E-state index in [1.807, 2.05) is 20.8 Å². The fraction of sp³-hybridized carbons (Fsp3) is 0.947. The molecular formula is C19H38O5. The van der Waals surface area contributed by atoms with E-state index >= 15 is 0 Å². The first-order chi connectivity index (χ1) is 11.4. The Morgan fingerprint density at radius 3 is 1.79 bits per heavy atom. The highest BCUT2D eigenvalue weighted by atomic mass is 16.6. The molecule has 0 bridgehead atoms. The first-order valence-corrected chi connectivity index (χ1v) is 9.37. The molecule has 4 atom stereocenters. The minimum absolute atomic E-state index is 0.0158. The summed E-state index contributed by atoms with van der Waals surface area (Å²) >= 11 is 0. The Balaban J connectivity index is 3.76. The third kappa shape index (κ3) is 13.8. The zero-order chi connectivity index (χ0) is 18.4. The van der Waals surface area contributed by atoms with Crippen molar-refractivity contribution >= 4 is 5.97 Å². The molecule has 4 unspecified atom stereocenters. The standard InChI is InChI=1S/C19H38O5/c1-7-9-10-19(8-2)14-23-16(4)12-21-15(3)11-22-17(5)13-24-18(6)20/h15-17,19H,7-14H2,1-6H3. The molecule has 0 aromatic heterocycles. The summed E-state index contributed by atoms with van der Waals surface area (Å²) in [6, 6.07) is 0. The van der Waals surface area contributed by atoms with E-state index < -0.39 is 0 Å². The lowest BCUT2D eigenvalue weighted by atomic mass is 10.0. The summed E-state index contributed by atoms with van der Waals surface area (Å²) in [7, 11) is 0. The van der Waals surface area contributed by atoms with E-state index in [0.29, 0.717) is 19.1 Å². The Morgan fingerprint density at radius 1 is 0.833 bits per heavy atom. The van der Waals surface area contributed by atoms with Crippen LogP contribution in [0, 0.1) is 5.92 Å². The molecule has 144 valence electrons. The molecule has 0 aliphatic rings. The third-order valence-corrected chi connectivity index (χ3v) is 3.91. The molecule has 5 nitrogen and oxygen atoms in total. The van der Waals surface area contributed by atoms with Gasteiger partial charge in [0, 0.05) is 13.5 Å². The van der Waals surface area contributed by atoms with Crippen LogP contribution in [-0.4, -0.2) is 50.7 Å². The maximum atomic E-state index is 10.7. The van der Waals surface area contributed by atoms with Crippen LogP contribution >= 0.6 is 0 Å². The molecule has 0 heterocycles. The second kappa shape index (κ2) is 14.7. The fourth-order valence-corrected chi connectivity index (χ4v) is 2.18. The molecule has 0 saturated carbocycles. The summed E-state index contributed by atoms with van der Waals surface area (Å²) in [5.74, 6) is 0.361. The summed E-state index contributed by atoms with van der Waals surface area (Å²) in [6.45, 7) is 13.9. The highest BCUT2D eigenvalue weighted by molar-refractivity contribution is 5.65. The Kier molecular flexibility index (Phi) is 14.3. The van der Waals surface area contributed by atoms with Crippen molar-refractivity contribution in [2.24, 2.45) is 5.92 Å². The number of hydrogen-bond donors (Lipinski definition) is 0. The van der Waals surface area contributed by atoms with E-state index in [0.717, 1.165) is 13.0 Å². The zero-order valence-electron chi connectivity index (χ0n) is 16.5. The molecule has 0 fully saturated rings. The van der Waals surface area contributed by atoms with Crippen LogP contribution in [0.2, 0.25) is 0 Å².